The van der Waals surface area contributed by atoms with Gasteiger partial charge in [0, 0.05) is 24.0 Å². The standard InChI is InChI=1S/C12H19ClN2/c1-2-15-8-12(14-9-15)10-5-3-4-6-11(13)7-10/h8-11H,2-7H2,1H3. The molecule has 1 saturated carbocycles. The van der Waals surface area contributed by atoms with Crippen LogP contribution in [0.3, 0.4) is 0 Å². The van der Waals surface area contributed by atoms with Crippen molar-refractivity contribution < 1.29 is 0 Å². The first kappa shape index (κ1) is 11.0. The second-order valence-electron chi connectivity index (χ2n) is 4.44. The summed E-state index contributed by atoms with van der Waals surface area (Å²) in [7, 11) is 0. The number of hydrogen-bond donors (Lipinski definition) is 0. The average Bonchev–Trinajstić information content (AvgIpc) is 2.61. The molecule has 0 N–H and O–H groups in total. The molecule has 1 fully saturated rings. The molecule has 1 aliphatic rings. The summed E-state index contributed by atoms with van der Waals surface area (Å²) < 4.78 is 2.14. The Balaban J connectivity index is 2.07. The van der Waals surface area contributed by atoms with Gasteiger partial charge in [0.25, 0.3) is 0 Å². The number of hydrogen-bond acceptors (Lipinski definition) is 1. The van der Waals surface area contributed by atoms with Gasteiger partial charge in [0.2, 0.25) is 0 Å². The number of aryl methyl sites for hydroxylation is 1. The lowest BCUT2D eigenvalue weighted by molar-refractivity contribution is 0.582. The van der Waals surface area contributed by atoms with Gasteiger partial charge >= 0.3 is 0 Å². The van der Waals surface area contributed by atoms with E-state index in [1.165, 1.54) is 31.4 Å². The van der Waals surface area contributed by atoms with Crippen molar-refractivity contribution in [3.8, 4) is 0 Å². The second-order valence-corrected chi connectivity index (χ2v) is 5.06. The molecule has 15 heavy (non-hydrogen) atoms. The molecule has 84 valence electrons. The highest BCUT2D eigenvalue weighted by atomic mass is 35.5. The smallest absolute Gasteiger partial charge is 0.0949 e. The van der Waals surface area contributed by atoms with Crippen LogP contribution in [0.15, 0.2) is 12.5 Å². The Hall–Kier alpha value is -0.500. The number of imidazole rings is 1. The van der Waals surface area contributed by atoms with E-state index in [9.17, 15) is 0 Å². The van der Waals surface area contributed by atoms with Gasteiger partial charge in [0.05, 0.1) is 12.0 Å². The highest BCUT2D eigenvalue weighted by Crippen LogP contribution is 2.32. The van der Waals surface area contributed by atoms with Crippen LogP contribution in [-0.2, 0) is 6.54 Å². The highest BCUT2D eigenvalue weighted by molar-refractivity contribution is 6.20. The van der Waals surface area contributed by atoms with E-state index < -0.39 is 0 Å². The van der Waals surface area contributed by atoms with Crippen LogP contribution in [0.2, 0.25) is 0 Å². The molecule has 0 saturated heterocycles. The largest absolute Gasteiger partial charge is 0.337 e. The van der Waals surface area contributed by atoms with Crippen molar-refractivity contribution >= 4 is 11.6 Å². The predicted molar refractivity (Wildman–Crippen MR) is 63.4 cm³/mol. The van der Waals surface area contributed by atoms with E-state index in [1.807, 2.05) is 6.33 Å². The van der Waals surface area contributed by atoms with Crippen LogP contribution in [0.25, 0.3) is 0 Å². The third kappa shape index (κ3) is 2.75. The summed E-state index contributed by atoms with van der Waals surface area (Å²) in [6, 6.07) is 0. The zero-order valence-electron chi connectivity index (χ0n) is 9.32. The van der Waals surface area contributed by atoms with Gasteiger partial charge in [-0.3, -0.25) is 0 Å². The number of nitrogens with zero attached hydrogens (tertiary/aromatic N) is 2. The van der Waals surface area contributed by atoms with Crippen LogP contribution in [-0.4, -0.2) is 14.9 Å². The Kier molecular flexibility index (Phi) is 3.68. The summed E-state index contributed by atoms with van der Waals surface area (Å²) in [5.74, 6) is 0.586. The van der Waals surface area contributed by atoms with E-state index in [0.29, 0.717) is 11.3 Å². The van der Waals surface area contributed by atoms with Gasteiger partial charge in [-0.1, -0.05) is 12.8 Å². The number of alkyl halides is 1. The highest BCUT2D eigenvalue weighted by Gasteiger charge is 2.21. The van der Waals surface area contributed by atoms with Crippen LogP contribution >= 0.6 is 11.6 Å². The zero-order chi connectivity index (χ0) is 10.7. The van der Waals surface area contributed by atoms with Crippen LogP contribution in [0.1, 0.15) is 50.6 Å². The van der Waals surface area contributed by atoms with Crippen molar-refractivity contribution in [3.05, 3.63) is 18.2 Å². The first-order chi connectivity index (χ1) is 7.29. The molecule has 0 aromatic carbocycles. The van der Waals surface area contributed by atoms with E-state index in [0.717, 1.165) is 13.0 Å². The minimum Gasteiger partial charge on any atom is -0.337 e. The van der Waals surface area contributed by atoms with E-state index >= 15 is 0 Å². The predicted octanol–water partition coefficient (Wildman–Crippen LogP) is 3.56. The molecule has 1 aliphatic carbocycles. The minimum atomic E-state index is 0.351. The Labute approximate surface area is 96.7 Å². The molecule has 0 spiro atoms. The van der Waals surface area contributed by atoms with Gasteiger partial charge in [-0.15, -0.1) is 11.6 Å². The van der Waals surface area contributed by atoms with Gasteiger partial charge in [0.15, 0.2) is 0 Å². The molecule has 2 atom stereocenters. The lowest BCUT2D eigenvalue weighted by Gasteiger charge is -2.13. The van der Waals surface area contributed by atoms with Gasteiger partial charge in [-0.25, -0.2) is 4.98 Å². The maximum absolute atomic E-state index is 6.27. The van der Waals surface area contributed by atoms with Crippen molar-refractivity contribution in [2.24, 2.45) is 0 Å². The Morgan fingerprint density at radius 2 is 2.27 bits per heavy atom. The fourth-order valence-electron chi connectivity index (χ4n) is 2.33. The monoisotopic (exact) mass is 226 g/mol. The summed E-state index contributed by atoms with van der Waals surface area (Å²) >= 11 is 6.27. The molecular formula is C12H19ClN2. The fourth-order valence-corrected chi connectivity index (χ4v) is 2.70. The van der Waals surface area contributed by atoms with E-state index in [2.05, 4.69) is 22.7 Å². The lowest BCUT2D eigenvalue weighted by Crippen LogP contribution is -2.04. The van der Waals surface area contributed by atoms with E-state index in [1.54, 1.807) is 0 Å². The molecular weight excluding hydrogens is 208 g/mol. The molecule has 1 aromatic rings. The average molecular weight is 227 g/mol. The van der Waals surface area contributed by atoms with Crippen molar-refractivity contribution in [2.45, 2.75) is 56.9 Å². The normalized spacial score (nSPS) is 27.6. The minimum absolute atomic E-state index is 0.351. The first-order valence-corrected chi connectivity index (χ1v) is 6.39. The van der Waals surface area contributed by atoms with Crippen molar-refractivity contribution in [3.63, 3.8) is 0 Å². The van der Waals surface area contributed by atoms with Crippen LogP contribution in [0.5, 0.6) is 0 Å². The molecule has 0 aliphatic heterocycles. The topological polar surface area (TPSA) is 17.8 Å². The number of rotatable bonds is 2. The van der Waals surface area contributed by atoms with Gasteiger partial charge in [-0.05, 0) is 26.2 Å². The summed E-state index contributed by atoms with van der Waals surface area (Å²) in [5, 5.41) is 0.351. The van der Waals surface area contributed by atoms with Crippen molar-refractivity contribution in [1.82, 2.24) is 9.55 Å². The molecule has 2 unspecified atom stereocenters. The lowest BCUT2D eigenvalue weighted by atomic mass is 9.97. The Morgan fingerprint density at radius 3 is 3.00 bits per heavy atom. The fraction of sp³-hybridized carbons (Fsp3) is 0.750. The summed E-state index contributed by atoms with van der Waals surface area (Å²) in [6.45, 7) is 3.15. The molecule has 2 nitrogen and oxygen atoms in total. The summed E-state index contributed by atoms with van der Waals surface area (Å²) in [5.41, 5.74) is 1.24. The van der Waals surface area contributed by atoms with Crippen LogP contribution in [0, 0.1) is 0 Å². The maximum Gasteiger partial charge on any atom is 0.0949 e. The SMILES string of the molecule is CCn1cnc(C2CCCCC(Cl)C2)c1. The van der Waals surface area contributed by atoms with Crippen molar-refractivity contribution in [1.29, 1.82) is 0 Å². The zero-order valence-corrected chi connectivity index (χ0v) is 10.1. The maximum atomic E-state index is 6.27. The summed E-state index contributed by atoms with van der Waals surface area (Å²) in [6.07, 6.45) is 10.2. The third-order valence-corrected chi connectivity index (χ3v) is 3.69. The molecule has 1 heterocycles. The van der Waals surface area contributed by atoms with E-state index in [4.69, 9.17) is 11.6 Å². The molecule has 3 heteroatoms. The number of aromatic nitrogens is 2. The Morgan fingerprint density at radius 1 is 1.47 bits per heavy atom. The van der Waals surface area contributed by atoms with Gasteiger partial charge in [0.1, 0.15) is 0 Å². The van der Waals surface area contributed by atoms with Gasteiger partial charge in [-0.2, -0.15) is 0 Å². The molecule has 2 rings (SSSR count). The second kappa shape index (κ2) is 5.02. The Bertz CT molecular complexity index is 308. The quantitative estimate of drug-likeness (QED) is 0.557. The first-order valence-electron chi connectivity index (χ1n) is 5.95. The summed E-state index contributed by atoms with van der Waals surface area (Å²) in [4.78, 5) is 4.49. The van der Waals surface area contributed by atoms with Crippen molar-refractivity contribution in [2.75, 3.05) is 0 Å². The molecule has 1 aromatic heterocycles. The molecule has 0 bridgehead atoms. The molecule has 0 amide bonds. The van der Waals surface area contributed by atoms with E-state index in [-0.39, 0.29) is 0 Å². The number of halogens is 1. The van der Waals surface area contributed by atoms with Crippen LogP contribution < -0.4 is 0 Å². The molecule has 0 radical (unpaired) electrons. The third-order valence-electron chi connectivity index (χ3n) is 3.30. The van der Waals surface area contributed by atoms with Crippen LogP contribution in [0.4, 0.5) is 0 Å². The van der Waals surface area contributed by atoms with Gasteiger partial charge < -0.3 is 4.57 Å².